The van der Waals surface area contributed by atoms with Gasteiger partial charge in [-0.2, -0.15) is 0 Å². The molecule has 0 aromatic heterocycles. The fourth-order valence-corrected chi connectivity index (χ4v) is 11.0. The monoisotopic (exact) mass is 422 g/mol. The van der Waals surface area contributed by atoms with Crippen molar-refractivity contribution in [2.75, 3.05) is 6.16 Å². The van der Waals surface area contributed by atoms with Gasteiger partial charge in [0.1, 0.15) is 0 Å². The summed E-state index contributed by atoms with van der Waals surface area (Å²) in [5.74, 6) is 0. The average molecular weight is 423 g/mol. The fraction of sp³-hybridized carbons (Fsp3) is 0.407. The van der Waals surface area contributed by atoms with Crippen molar-refractivity contribution in [2.24, 2.45) is 0 Å². The maximum atomic E-state index is 2.44. The first-order valence-corrected chi connectivity index (χ1v) is 13.6. The number of allylic oxidation sites excluding steroid dienone is 4. The molecule has 0 atom stereocenters. The highest BCUT2D eigenvalue weighted by Gasteiger charge is 2.34. The van der Waals surface area contributed by atoms with E-state index < -0.39 is 7.92 Å². The van der Waals surface area contributed by atoms with E-state index in [-0.39, 0.29) is 7.92 Å². The predicted octanol–water partition coefficient (Wildman–Crippen LogP) is 7.80. The van der Waals surface area contributed by atoms with E-state index in [4.69, 9.17) is 0 Å². The van der Waals surface area contributed by atoms with Gasteiger partial charge in [0.2, 0.25) is 0 Å². The zero-order valence-electron chi connectivity index (χ0n) is 18.9. The van der Waals surface area contributed by atoms with E-state index in [1.54, 1.807) is 10.9 Å². The van der Waals surface area contributed by atoms with E-state index in [0.29, 0.717) is 10.3 Å². The second-order valence-corrected chi connectivity index (χ2v) is 16.1. The van der Waals surface area contributed by atoms with Gasteiger partial charge in [-0.05, 0) is 58.7 Å². The largest absolute Gasteiger partial charge is 0.0953 e. The molecule has 0 radical (unpaired) electrons. The SMILES string of the molecule is CC(C)(C)P(CCC1=C(P(c2ccccc2)c2ccccc2)CC=C1)C(C)(C)C. The molecule has 0 nitrogen and oxygen atoms in total. The van der Waals surface area contributed by atoms with Gasteiger partial charge in [-0.15, -0.1) is 0 Å². The lowest BCUT2D eigenvalue weighted by molar-refractivity contribution is 0.702. The quantitative estimate of drug-likeness (QED) is 0.417. The third kappa shape index (κ3) is 5.69. The predicted molar refractivity (Wildman–Crippen MR) is 136 cm³/mol. The zero-order valence-corrected chi connectivity index (χ0v) is 20.7. The summed E-state index contributed by atoms with van der Waals surface area (Å²) in [6, 6.07) is 22.3. The third-order valence-corrected chi connectivity index (χ3v) is 12.1. The molecule has 1 aliphatic rings. The second kappa shape index (κ2) is 9.29. The average Bonchev–Trinajstić information content (AvgIpc) is 3.10. The molecule has 2 heteroatoms. The van der Waals surface area contributed by atoms with Crippen molar-refractivity contribution in [3.63, 3.8) is 0 Å². The van der Waals surface area contributed by atoms with Crippen molar-refractivity contribution in [1.82, 2.24) is 0 Å². The van der Waals surface area contributed by atoms with Crippen LogP contribution in [0.2, 0.25) is 0 Å². The fourth-order valence-electron chi connectivity index (χ4n) is 4.53. The van der Waals surface area contributed by atoms with Crippen molar-refractivity contribution in [3.8, 4) is 0 Å². The Morgan fingerprint density at radius 1 is 0.724 bits per heavy atom. The lowest BCUT2D eigenvalue weighted by atomic mass is 10.2. The van der Waals surface area contributed by atoms with E-state index in [1.807, 2.05) is 0 Å². The third-order valence-electron chi connectivity index (χ3n) is 5.52. The summed E-state index contributed by atoms with van der Waals surface area (Å²) < 4.78 is 0. The van der Waals surface area contributed by atoms with E-state index in [0.717, 1.165) is 6.42 Å². The number of benzene rings is 2. The maximum Gasteiger partial charge on any atom is -0.00807 e. The molecule has 0 aliphatic heterocycles. The van der Waals surface area contributed by atoms with Gasteiger partial charge in [-0.25, -0.2) is 0 Å². The molecule has 2 aromatic carbocycles. The first kappa shape index (κ1) is 22.5. The van der Waals surface area contributed by atoms with Crippen LogP contribution in [0, 0.1) is 0 Å². The van der Waals surface area contributed by atoms with Gasteiger partial charge in [0, 0.05) is 0 Å². The minimum atomic E-state index is -0.454. The van der Waals surface area contributed by atoms with Gasteiger partial charge in [-0.3, -0.25) is 0 Å². The second-order valence-electron chi connectivity index (χ2n) is 9.83. The van der Waals surface area contributed by atoms with Crippen molar-refractivity contribution in [3.05, 3.63) is 83.7 Å². The van der Waals surface area contributed by atoms with E-state index >= 15 is 0 Å². The molecule has 29 heavy (non-hydrogen) atoms. The summed E-state index contributed by atoms with van der Waals surface area (Å²) in [6.45, 7) is 14.6. The number of rotatable bonds is 6. The Bertz CT molecular complexity index is 795. The highest BCUT2D eigenvalue weighted by Crippen LogP contribution is 2.60. The first-order valence-electron chi connectivity index (χ1n) is 10.7. The summed E-state index contributed by atoms with van der Waals surface area (Å²) in [5.41, 5.74) is 1.60. The Balaban J connectivity index is 1.94. The van der Waals surface area contributed by atoms with Crippen LogP contribution in [-0.2, 0) is 0 Å². The van der Waals surface area contributed by atoms with Crippen LogP contribution in [0.15, 0.2) is 83.7 Å². The Morgan fingerprint density at radius 2 is 1.21 bits per heavy atom. The minimum Gasteiger partial charge on any atom is -0.0953 e. The molecule has 3 rings (SSSR count). The van der Waals surface area contributed by atoms with E-state index in [2.05, 4.69) is 114 Å². The van der Waals surface area contributed by atoms with E-state index in [9.17, 15) is 0 Å². The maximum absolute atomic E-state index is 2.44. The molecular weight excluding hydrogens is 386 g/mol. The van der Waals surface area contributed by atoms with Crippen molar-refractivity contribution >= 4 is 26.5 Å². The molecule has 0 saturated carbocycles. The summed E-state index contributed by atoms with van der Waals surface area (Å²) in [6.07, 6.45) is 8.45. The van der Waals surface area contributed by atoms with Crippen LogP contribution < -0.4 is 10.6 Å². The van der Waals surface area contributed by atoms with Gasteiger partial charge in [-0.1, -0.05) is 122 Å². The minimum absolute atomic E-state index is 0.0666. The molecular formula is C27H36P2. The van der Waals surface area contributed by atoms with Crippen LogP contribution in [0.3, 0.4) is 0 Å². The normalized spacial score (nSPS) is 15.0. The van der Waals surface area contributed by atoms with Crippen LogP contribution in [0.1, 0.15) is 54.4 Å². The lowest BCUT2D eigenvalue weighted by Crippen LogP contribution is -2.26. The highest BCUT2D eigenvalue weighted by molar-refractivity contribution is 7.76. The molecule has 0 bridgehead atoms. The lowest BCUT2D eigenvalue weighted by Gasteiger charge is -2.42. The molecule has 1 aliphatic carbocycles. The Kier molecular flexibility index (Phi) is 7.19. The summed E-state index contributed by atoms with van der Waals surface area (Å²) >= 11 is 0. The Morgan fingerprint density at radius 3 is 1.66 bits per heavy atom. The smallest absolute Gasteiger partial charge is 0.00807 e. The summed E-state index contributed by atoms with van der Waals surface area (Å²) in [7, 11) is -0.521. The van der Waals surface area contributed by atoms with Crippen molar-refractivity contribution < 1.29 is 0 Å². The van der Waals surface area contributed by atoms with Gasteiger partial charge in [0.15, 0.2) is 0 Å². The molecule has 2 aromatic rings. The standard InChI is InChI=1S/C27H36P2/c1-26(2,3)28(27(4,5)6)21-20-22-14-13-19-25(22)29(23-15-9-7-10-16-23)24-17-11-8-12-18-24/h7-18H,19-21H2,1-6H3. The topological polar surface area (TPSA) is 0 Å². The van der Waals surface area contributed by atoms with Crippen LogP contribution in [0.5, 0.6) is 0 Å². The summed E-state index contributed by atoms with van der Waals surface area (Å²) in [5, 5.41) is 5.38. The highest BCUT2D eigenvalue weighted by atomic mass is 31.1. The van der Waals surface area contributed by atoms with Gasteiger partial charge >= 0.3 is 0 Å². The number of hydrogen-bond acceptors (Lipinski definition) is 0. The molecule has 0 saturated heterocycles. The molecule has 0 fully saturated rings. The molecule has 0 spiro atoms. The van der Waals surface area contributed by atoms with E-state index in [1.165, 1.54) is 23.2 Å². The van der Waals surface area contributed by atoms with Gasteiger partial charge in [0.05, 0.1) is 0 Å². The Hall–Kier alpha value is -1.22. The van der Waals surface area contributed by atoms with Crippen LogP contribution >= 0.6 is 15.8 Å². The molecule has 0 amide bonds. The van der Waals surface area contributed by atoms with Crippen molar-refractivity contribution in [2.45, 2.75) is 64.7 Å². The van der Waals surface area contributed by atoms with Gasteiger partial charge < -0.3 is 0 Å². The number of hydrogen-bond donors (Lipinski definition) is 0. The molecule has 0 heterocycles. The van der Waals surface area contributed by atoms with Crippen LogP contribution in [0.4, 0.5) is 0 Å². The molecule has 154 valence electrons. The molecule has 0 N–H and O–H groups in total. The van der Waals surface area contributed by atoms with Gasteiger partial charge in [0.25, 0.3) is 0 Å². The van der Waals surface area contributed by atoms with Crippen LogP contribution in [0.25, 0.3) is 0 Å². The van der Waals surface area contributed by atoms with Crippen molar-refractivity contribution in [1.29, 1.82) is 0 Å². The zero-order chi connectivity index (χ0) is 21.1. The van der Waals surface area contributed by atoms with Crippen LogP contribution in [-0.4, -0.2) is 16.5 Å². The molecule has 0 unspecified atom stereocenters. The first-order chi connectivity index (χ1) is 13.7. The Labute approximate surface area is 181 Å². The summed E-state index contributed by atoms with van der Waals surface area (Å²) in [4.78, 5) is 0.